The van der Waals surface area contributed by atoms with Crippen LogP contribution >= 0.6 is 31.9 Å². The van der Waals surface area contributed by atoms with Gasteiger partial charge in [-0.25, -0.2) is 4.79 Å². The Morgan fingerprint density at radius 2 is 1.86 bits per heavy atom. The van der Waals surface area contributed by atoms with E-state index in [9.17, 15) is 19.7 Å². The first-order valence-electron chi connectivity index (χ1n) is 7.88. The molecule has 3 rings (SSSR count). The number of nitro groups is 1. The number of benzene rings is 2. The maximum absolute atomic E-state index is 12.7. The Hall–Kier alpha value is -2.66. The summed E-state index contributed by atoms with van der Waals surface area (Å²) in [6, 6.07) is 5.63. The number of halogens is 2. The van der Waals surface area contributed by atoms with Gasteiger partial charge in [0.2, 0.25) is 0 Å². The first-order valence-corrected chi connectivity index (χ1v) is 9.47. The molecule has 0 saturated carbocycles. The van der Waals surface area contributed by atoms with E-state index in [4.69, 9.17) is 10.5 Å². The van der Waals surface area contributed by atoms with Crippen molar-refractivity contribution in [2.24, 2.45) is 0 Å². The Kier molecular flexibility index (Phi) is 5.06. The van der Waals surface area contributed by atoms with Crippen LogP contribution in [0.3, 0.4) is 0 Å². The molecule has 0 spiro atoms. The summed E-state index contributed by atoms with van der Waals surface area (Å²) in [7, 11) is 0. The number of nitrogens with two attached hydrogens (primary N) is 1. The Bertz CT molecular complexity index is 1020. The molecule has 0 aliphatic carbocycles. The van der Waals surface area contributed by atoms with E-state index in [1.807, 2.05) is 0 Å². The van der Waals surface area contributed by atoms with E-state index >= 15 is 0 Å². The molecule has 0 unspecified atom stereocenters. The van der Waals surface area contributed by atoms with Gasteiger partial charge in [0, 0.05) is 26.1 Å². The molecule has 28 heavy (non-hydrogen) atoms. The highest BCUT2D eigenvalue weighted by Gasteiger charge is 2.36. The molecule has 11 heteroatoms. The van der Waals surface area contributed by atoms with Crippen molar-refractivity contribution < 1.29 is 19.2 Å². The van der Waals surface area contributed by atoms with Crippen LogP contribution in [0.2, 0.25) is 0 Å². The fourth-order valence-electron chi connectivity index (χ4n) is 2.77. The molecular formula is C17H14Br2N4O5. The van der Waals surface area contributed by atoms with E-state index in [0.29, 0.717) is 20.2 Å². The van der Waals surface area contributed by atoms with Gasteiger partial charge in [-0.1, -0.05) is 0 Å². The number of nitrogens with one attached hydrogen (secondary N) is 2. The SMILES string of the molecule is CC1(C)OC(=O)Nc2cc([N+](=O)[O-])c(NC(=O)c3cc(Br)c(N)c(Br)c3)cc21. The number of nitrogens with zero attached hydrogens (tertiary/aromatic N) is 1. The molecule has 0 aromatic heterocycles. The van der Waals surface area contributed by atoms with Crippen LogP contribution in [0.25, 0.3) is 0 Å². The van der Waals surface area contributed by atoms with Crippen LogP contribution in [0.15, 0.2) is 33.2 Å². The summed E-state index contributed by atoms with van der Waals surface area (Å²) >= 11 is 6.52. The molecule has 2 amide bonds. The highest BCUT2D eigenvalue weighted by molar-refractivity contribution is 9.11. The second kappa shape index (κ2) is 7.06. The predicted octanol–water partition coefficient (Wildman–Crippen LogP) is 4.75. The number of nitro benzene ring substituents is 1. The minimum Gasteiger partial charge on any atom is -0.438 e. The van der Waals surface area contributed by atoms with Crippen LogP contribution in [0.1, 0.15) is 29.8 Å². The molecule has 9 nitrogen and oxygen atoms in total. The monoisotopic (exact) mass is 512 g/mol. The minimum absolute atomic E-state index is 0.0226. The highest BCUT2D eigenvalue weighted by Crippen LogP contribution is 2.41. The average molecular weight is 514 g/mol. The van der Waals surface area contributed by atoms with Gasteiger partial charge < -0.3 is 15.8 Å². The molecule has 2 aromatic carbocycles. The molecule has 0 bridgehead atoms. The summed E-state index contributed by atoms with van der Waals surface area (Å²) < 4.78 is 6.24. The lowest BCUT2D eigenvalue weighted by Gasteiger charge is -2.32. The van der Waals surface area contributed by atoms with Gasteiger partial charge >= 0.3 is 6.09 Å². The molecule has 1 heterocycles. The van der Waals surface area contributed by atoms with E-state index in [1.165, 1.54) is 24.3 Å². The molecule has 1 aliphatic rings. The van der Waals surface area contributed by atoms with Gasteiger partial charge in [0.15, 0.2) is 0 Å². The van der Waals surface area contributed by atoms with E-state index in [1.54, 1.807) is 13.8 Å². The van der Waals surface area contributed by atoms with E-state index in [0.717, 1.165) is 0 Å². The summed E-state index contributed by atoms with van der Waals surface area (Å²) in [5.41, 5.74) is 5.82. The zero-order valence-electron chi connectivity index (χ0n) is 14.6. The van der Waals surface area contributed by atoms with Gasteiger partial charge in [0.25, 0.3) is 11.6 Å². The number of carbonyl (C=O) groups is 2. The predicted molar refractivity (Wildman–Crippen MR) is 110 cm³/mol. The largest absolute Gasteiger partial charge is 0.438 e. The van der Waals surface area contributed by atoms with Crippen molar-refractivity contribution >= 4 is 66.6 Å². The number of ether oxygens (including phenoxy) is 1. The van der Waals surface area contributed by atoms with Crippen molar-refractivity contribution in [3.8, 4) is 0 Å². The smallest absolute Gasteiger partial charge is 0.412 e. The highest BCUT2D eigenvalue weighted by atomic mass is 79.9. The number of nitrogen functional groups attached to an aromatic ring is 1. The number of rotatable bonds is 3. The molecule has 0 saturated heterocycles. The lowest BCUT2D eigenvalue weighted by Crippen LogP contribution is -2.35. The van der Waals surface area contributed by atoms with Crippen molar-refractivity contribution in [2.75, 3.05) is 16.4 Å². The normalized spacial score (nSPS) is 14.5. The molecule has 146 valence electrons. The lowest BCUT2D eigenvalue weighted by atomic mass is 9.93. The number of cyclic esters (lactones) is 1. The summed E-state index contributed by atoms with van der Waals surface area (Å²) in [6.45, 7) is 3.30. The summed E-state index contributed by atoms with van der Waals surface area (Å²) in [6.07, 6.45) is -0.708. The fraction of sp³-hybridized carbons (Fsp3) is 0.176. The van der Waals surface area contributed by atoms with Crippen molar-refractivity contribution in [1.82, 2.24) is 0 Å². The molecule has 0 radical (unpaired) electrons. The van der Waals surface area contributed by atoms with Crippen molar-refractivity contribution in [3.05, 3.63) is 54.5 Å². The number of anilines is 3. The molecule has 0 atom stereocenters. The third-order valence-electron chi connectivity index (χ3n) is 4.16. The molecular weight excluding hydrogens is 500 g/mol. The summed E-state index contributed by atoms with van der Waals surface area (Å²) in [5.74, 6) is -0.567. The van der Waals surface area contributed by atoms with Crippen LogP contribution < -0.4 is 16.4 Å². The third-order valence-corrected chi connectivity index (χ3v) is 5.47. The zero-order chi connectivity index (χ0) is 20.8. The van der Waals surface area contributed by atoms with Crippen molar-refractivity contribution in [2.45, 2.75) is 19.4 Å². The first kappa shape index (κ1) is 20.1. The molecule has 2 aromatic rings. The quantitative estimate of drug-likeness (QED) is 0.307. The van der Waals surface area contributed by atoms with E-state index < -0.39 is 22.5 Å². The third kappa shape index (κ3) is 3.67. The maximum atomic E-state index is 12.7. The Labute approximate surface area is 176 Å². The van der Waals surface area contributed by atoms with Gasteiger partial charge in [-0.2, -0.15) is 0 Å². The van der Waals surface area contributed by atoms with Crippen LogP contribution in [-0.2, 0) is 10.3 Å². The number of hydrogen-bond acceptors (Lipinski definition) is 6. The van der Waals surface area contributed by atoms with Crippen LogP contribution in [0.5, 0.6) is 0 Å². The number of carbonyl (C=O) groups excluding carboxylic acids is 2. The minimum atomic E-state index is -1.03. The maximum Gasteiger partial charge on any atom is 0.412 e. The Morgan fingerprint density at radius 1 is 1.25 bits per heavy atom. The van der Waals surface area contributed by atoms with E-state index in [2.05, 4.69) is 42.5 Å². The first-order chi connectivity index (χ1) is 13.0. The topological polar surface area (TPSA) is 137 Å². The van der Waals surface area contributed by atoms with Crippen LogP contribution in [-0.4, -0.2) is 16.9 Å². The van der Waals surface area contributed by atoms with Gasteiger partial charge in [-0.3, -0.25) is 20.2 Å². The second-order valence-electron chi connectivity index (χ2n) is 6.50. The summed E-state index contributed by atoms with van der Waals surface area (Å²) in [4.78, 5) is 35.2. The molecule has 1 aliphatic heterocycles. The Balaban J connectivity index is 2.05. The van der Waals surface area contributed by atoms with Crippen LogP contribution in [0.4, 0.5) is 27.5 Å². The molecule has 0 fully saturated rings. The second-order valence-corrected chi connectivity index (χ2v) is 8.21. The van der Waals surface area contributed by atoms with Gasteiger partial charge in [-0.15, -0.1) is 0 Å². The van der Waals surface area contributed by atoms with Crippen LogP contribution in [0, 0.1) is 10.1 Å². The van der Waals surface area contributed by atoms with Gasteiger partial charge in [0.1, 0.15) is 11.3 Å². The number of amides is 2. The number of hydrogen-bond donors (Lipinski definition) is 3. The van der Waals surface area contributed by atoms with Gasteiger partial charge in [0.05, 0.1) is 16.3 Å². The number of fused-ring (bicyclic) bond motifs is 1. The van der Waals surface area contributed by atoms with Crippen molar-refractivity contribution in [1.29, 1.82) is 0 Å². The zero-order valence-corrected chi connectivity index (χ0v) is 17.8. The van der Waals surface area contributed by atoms with Gasteiger partial charge in [-0.05, 0) is 63.9 Å². The standard InChI is InChI=1S/C17H14Br2N4O5/c1-17(2)8-5-12(13(23(26)27)6-11(8)22-16(25)28-17)21-15(24)7-3-9(18)14(20)10(19)4-7/h3-6H,20H2,1-2H3,(H,21,24)(H,22,25). The Morgan fingerprint density at radius 3 is 2.43 bits per heavy atom. The average Bonchev–Trinajstić information content (AvgIpc) is 2.58. The van der Waals surface area contributed by atoms with E-state index in [-0.39, 0.29) is 22.6 Å². The summed E-state index contributed by atoms with van der Waals surface area (Å²) in [5, 5.41) is 16.5. The lowest BCUT2D eigenvalue weighted by molar-refractivity contribution is -0.383. The molecule has 4 N–H and O–H groups in total. The van der Waals surface area contributed by atoms with Crippen molar-refractivity contribution in [3.63, 3.8) is 0 Å². The fourth-order valence-corrected chi connectivity index (χ4v) is 3.96.